The zero-order valence-electron chi connectivity index (χ0n) is 15.7. The van der Waals surface area contributed by atoms with Crippen LogP contribution >= 0.6 is 0 Å². The highest BCUT2D eigenvalue weighted by molar-refractivity contribution is 4.82. The number of hydrogen-bond donors (Lipinski definition) is 1. The van der Waals surface area contributed by atoms with E-state index in [4.69, 9.17) is 4.74 Å². The number of rotatable bonds is 6. The first kappa shape index (κ1) is 19.2. The molecule has 4 heteroatoms. The molecule has 23 heavy (non-hydrogen) atoms. The van der Waals surface area contributed by atoms with Crippen LogP contribution in [-0.4, -0.2) is 65.4 Å². The summed E-state index contributed by atoms with van der Waals surface area (Å²) in [5.74, 6) is 2.06. The summed E-state index contributed by atoms with van der Waals surface area (Å²) >= 11 is 0. The van der Waals surface area contributed by atoms with Crippen molar-refractivity contribution in [1.82, 2.24) is 4.90 Å². The average Bonchev–Trinajstić information content (AvgIpc) is 2.43. The Labute approximate surface area is 142 Å². The molecular formula is C19H38NO3+. The minimum atomic E-state index is -0.391. The van der Waals surface area contributed by atoms with Gasteiger partial charge in [-0.3, -0.25) is 4.90 Å². The summed E-state index contributed by atoms with van der Waals surface area (Å²) < 4.78 is 10.8. The van der Waals surface area contributed by atoms with Crippen molar-refractivity contribution in [1.29, 1.82) is 0 Å². The highest BCUT2D eigenvalue weighted by atomic mass is 16.5. The van der Waals surface area contributed by atoms with Gasteiger partial charge >= 0.3 is 0 Å². The second kappa shape index (κ2) is 8.80. The van der Waals surface area contributed by atoms with Crippen LogP contribution in [0.15, 0.2) is 0 Å². The van der Waals surface area contributed by atoms with Crippen molar-refractivity contribution in [2.24, 2.45) is 17.8 Å². The predicted molar refractivity (Wildman–Crippen MR) is 94.7 cm³/mol. The molecule has 0 aromatic rings. The fourth-order valence-electron chi connectivity index (χ4n) is 4.39. The van der Waals surface area contributed by atoms with E-state index in [0.29, 0.717) is 43.3 Å². The maximum Gasteiger partial charge on any atom is 0.165 e. The van der Waals surface area contributed by atoms with Crippen molar-refractivity contribution < 1.29 is 14.6 Å². The van der Waals surface area contributed by atoms with Crippen molar-refractivity contribution in [2.75, 3.05) is 26.2 Å². The topological polar surface area (TPSA) is 45.5 Å². The molecule has 0 aromatic carbocycles. The maximum atomic E-state index is 10.4. The van der Waals surface area contributed by atoms with Crippen LogP contribution in [0.3, 0.4) is 0 Å². The molecule has 6 atom stereocenters. The lowest BCUT2D eigenvalue weighted by molar-refractivity contribution is -0.195. The van der Waals surface area contributed by atoms with E-state index in [9.17, 15) is 5.11 Å². The summed E-state index contributed by atoms with van der Waals surface area (Å²) in [5.41, 5.74) is 0. The van der Waals surface area contributed by atoms with E-state index in [0.717, 1.165) is 25.4 Å². The Balaban J connectivity index is 1.77. The molecule has 1 aliphatic carbocycles. The minimum absolute atomic E-state index is 0.322. The van der Waals surface area contributed by atoms with E-state index < -0.39 is 6.10 Å². The number of β-amino-alcohol motifs (C(OH)–C–C–N with tert-alkyl or cyclic N) is 1. The van der Waals surface area contributed by atoms with Crippen LogP contribution in [0.5, 0.6) is 0 Å². The number of aliphatic hydroxyl groups excluding tert-OH is 1. The van der Waals surface area contributed by atoms with E-state index in [-0.39, 0.29) is 0 Å². The lowest BCUT2D eigenvalue weighted by Gasteiger charge is -2.38. The van der Waals surface area contributed by atoms with Crippen LogP contribution in [0.25, 0.3) is 0 Å². The molecule has 136 valence electrons. The van der Waals surface area contributed by atoms with Gasteiger partial charge in [0.05, 0.1) is 31.9 Å². The summed E-state index contributed by atoms with van der Waals surface area (Å²) in [4.78, 5) is 2.33. The van der Waals surface area contributed by atoms with Gasteiger partial charge in [0, 0.05) is 20.4 Å². The Bertz CT molecular complexity index is 340. The summed E-state index contributed by atoms with van der Waals surface area (Å²) in [7, 11) is 0. The lowest BCUT2D eigenvalue weighted by atomic mass is 9.75. The standard InChI is InChI=1S/C19H37NO3/c1-13(2)18-7-6-14(3)8-19(18)22-12-17(21)11-20-9-15(4)23-16(5)10-20/h13-19,21H,6-12H2,1-5H3/p+1. The Morgan fingerprint density at radius 2 is 1.78 bits per heavy atom. The third-order valence-electron chi connectivity index (χ3n) is 5.49. The molecule has 6 unspecified atom stereocenters. The van der Waals surface area contributed by atoms with Gasteiger partial charge in [0.15, 0.2) is 12.2 Å². The Morgan fingerprint density at radius 3 is 2.39 bits per heavy atom. The Morgan fingerprint density at radius 1 is 1.13 bits per heavy atom. The van der Waals surface area contributed by atoms with E-state index in [1.165, 1.54) is 12.8 Å². The van der Waals surface area contributed by atoms with Gasteiger partial charge < -0.3 is 14.6 Å². The van der Waals surface area contributed by atoms with Gasteiger partial charge in [0.2, 0.25) is 0 Å². The minimum Gasteiger partial charge on any atom is -0.428 e. The molecule has 0 amide bonds. The molecule has 2 N–H and O–H groups in total. The summed E-state index contributed by atoms with van der Waals surface area (Å²) in [6, 6.07) is 0. The van der Waals surface area contributed by atoms with Gasteiger partial charge in [-0.2, -0.15) is 0 Å². The monoisotopic (exact) mass is 328 g/mol. The van der Waals surface area contributed by atoms with Crippen molar-refractivity contribution in [2.45, 2.75) is 78.3 Å². The summed E-state index contributed by atoms with van der Waals surface area (Å²) in [6.07, 6.45) is 4.40. The largest absolute Gasteiger partial charge is 0.428 e. The maximum absolute atomic E-state index is 10.4. The van der Waals surface area contributed by atoms with E-state index in [1.54, 1.807) is 0 Å². The molecule has 0 bridgehead atoms. The molecular weight excluding hydrogens is 290 g/mol. The molecule has 0 aromatic heterocycles. The van der Waals surface area contributed by atoms with Crippen LogP contribution < -0.4 is 0 Å². The molecule has 0 spiro atoms. The van der Waals surface area contributed by atoms with Gasteiger partial charge in [0.25, 0.3) is 0 Å². The summed E-state index contributed by atoms with van der Waals surface area (Å²) in [6.45, 7) is 14.3. The molecule has 1 aliphatic heterocycles. The van der Waals surface area contributed by atoms with Crippen LogP contribution in [-0.2, 0) is 4.74 Å². The molecule has 2 rings (SSSR count). The van der Waals surface area contributed by atoms with Crippen molar-refractivity contribution in [3.05, 3.63) is 0 Å². The van der Waals surface area contributed by atoms with E-state index >= 15 is 0 Å². The third-order valence-corrected chi connectivity index (χ3v) is 5.49. The van der Waals surface area contributed by atoms with Gasteiger partial charge in [-0.15, -0.1) is 0 Å². The number of hydrogen-bond acceptors (Lipinski definition) is 3. The normalized spacial score (nSPS) is 38.0. The quantitative estimate of drug-likeness (QED) is 0.762. The number of ether oxygens (including phenoxy) is 2. The van der Waals surface area contributed by atoms with Crippen molar-refractivity contribution >= 4 is 0 Å². The number of aliphatic hydroxyl groups is 3. The second-order valence-corrected chi connectivity index (χ2v) is 8.42. The highest BCUT2D eigenvalue weighted by Gasteiger charge is 2.32. The zero-order valence-corrected chi connectivity index (χ0v) is 15.7. The molecule has 0 radical (unpaired) electrons. The lowest BCUT2D eigenvalue weighted by Crippen LogP contribution is -2.50. The van der Waals surface area contributed by atoms with Gasteiger partial charge in [0.1, 0.15) is 0 Å². The average molecular weight is 329 g/mol. The van der Waals surface area contributed by atoms with Crippen molar-refractivity contribution in [3.63, 3.8) is 0 Å². The first-order valence-electron chi connectivity index (χ1n) is 9.57. The van der Waals surface area contributed by atoms with E-state index in [1.807, 2.05) is 0 Å². The van der Waals surface area contributed by atoms with Crippen LogP contribution in [0.1, 0.15) is 53.9 Å². The smallest absolute Gasteiger partial charge is 0.165 e. The first-order valence-corrected chi connectivity index (χ1v) is 9.57. The summed E-state index contributed by atoms with van der Waals surface area (Å²) in [5, 5.41) is 10.4. The fraction of sp³-hybridized carbons (Fsp3) is 1.00. The van der Waals surface area contributed by atoms with Crippen molar-refractivity contribution in [3.8, 4) is 0 Å². The zero-order chi connectivity index (χ0) is 17.0. The molecule has 2 fully saturated rings. The third kappa shape index (κ3) is 6.00. The Kier molecular flexibility index (Phi) is 7.33. The molecule has 1 saturated heterocycles. The number of nitrogens with zero attached hydrogens (tertiary/aromatic N) is 1. The fourth-order valence-corrected chi connectivity index (χ4v) is 4.39. The first-order chi connectivity index (χ1) is 10.8. The predicted octanol–water partition coefficient (Wildman–Crippen LogP) is 2.45. The van der Waals surface area contributed by atoms with Crippen LogP contribution in [0.2, 0.25) is 0 Å². The van der Waals surface area contributed by atoms with Crippen LogP contribution in [0.4, 0.5) is 0 Å². The molecule has 1 saturated carbocycles. The van der Waals surface area contributed by atoms with E-state index in [2.05, 4.69) is 44.3 Å². The molecule has 2 aliphatic rings. The number of morpholine rings is 1. The highest BCUT2D eigenvalue weighted by Crippen LogP contribution is 2.35. The molecule has 1 heterocycles. The SMILES string of the molecule is CC1CCC(C(C)C)C(OCC(O)CN2CC(C)[OH+]C(C)C2)C1. The Hall–Kier alpha value is -0.160. The van der Waals surface area contributed by atoms with Crippen LogP contribution in [0, 0.1) is 17.8 Å². The molecule has 4 nitrogen and oxygen atoms in total. The van der Waals surface area contributed by atoms with Gasteiger partial charge in [-0.25, -0.2) is 0 Å². The van der Waals surface area contributed by atoms with Gasteiger partial charge in [-0.05, 0) is 30.6 Å². The van der Waals surface area contributed by atoms with Gasteiger partial charge in [-0.1, -0.05) is 27.2 Å². The second-order valence-electron chi connectivity index (χ2n) is 8.42.